The molecular weight excluding hydrogens is 221 g/mol. The van der Waals surface area contributed by atoms with E-state index < -0.39 is 0 Å². The van der Waals surface area contributed by atoms with E-state index in [1.807, 2.05) is 7.28 Å². The van der Waals surface area contributed by atoms with Gasteiger partial charge < -0.3 is 9.69 Å². The van der Waals surface area contributed by atoms with Gasteiger partial charge in [-0.2, -0.15) is 0 Å². The predicted octanol–water partition coefficient (Wildman–Crippen LogP) is 2.70. The van der Waals surface area contributed by atoms with Crippen molar-refractivity contribution in [3.05, 3.63) is 35.4 Å². The van der Waals surface area contributed by atoms with Crippen LogP contribution in [0.3, 0.4) is 0 Å². The van der Waals surface area contributed by atoms with Crippen LogP contribution in [0.1, 0.15) is 37.7 Å². The second-order valence-corrected chi connectivity index (χ2v) is 5.53. The fourth-order valence-electron chi connectivity index (χ4n) is 2.19. The molecule has 3 heteroatoms. The van der Waals surface area contributed by atoms with Crippen molar-refractivity contribution in [2.24, 2.45) is 5.92 Å². The number of rotatable bonds is 6. The van der Waals surface area contributed by atoms with E-state index in [1.54, 1.807) is 6.92 Å². The lowest BCUT2D eigenvalue weighted by Crippen LogP contribution is -2.21. The number of nitrogens with zero attached hydrogens (tertiary/aromatic N) is 1. The van der Waals surface area contributed by atoms with Crippen molar-refractivity contribution in [1.82, 2.24) is 4.90 Å². The summed E-state index contributed by atoms with van der Waals surface area (Å²) in [5.41, 5.74) is 2.67. The largest absolute Gasteiger partial charge is 0.312 e. The number of hydrogen-bond acceptors (Lipinski definition) is 2. The van der Waals surface area contributed by atoms with Gasteiger partial charge in [-0.25, -0.2) is 0 Å². The van der Waals surface area contributed by atoms with Gasteiger partial charge in [0.05, 0.1) is 5.68 Å². The number of benzene rings is 1. The van der Waals surface area contributed by atoms with Crippen molar-refractivity contribution in [3.8, 4) is 0 Å². The smallest absolute Gasteiger partial charge is 0.210 e. The van der Waals surface area contributed by atoms with E-state index >= 15 is 0 Å². The third-order valence-electron chi connectivity index (χ3n) is 2.97. The van der Waals surface area contributed by atoms with Gasteiger partial charge in [-0.15, -0.1) is 0 Å². The summed E-state index contributed by atoms with van der Waals surface area (Å²) < 4.78 is 0. The lowest BCUT2D eigenvalue weighted by Gasteiger charge is -2.20. The van der Waals surface area contributed by atoms with Gasteiger partial charge >= 0.3 is 0 Å². The first-order valence-electron chi connectivity index (χ1n) is 6.49. The topological polar surface area (TPSA) is 20.3 Å². The molecule has 97 valence electrons. The highest BCUT2D eigenvalue weighted by Gasteiger charge is 2.19. The Morgan fingerprint density at radius 1 is 1.33 bits per heavy atom. The van der Waals surface area contributed by atoms with Crippen LogP contribution in [0.25, 0.3) is 0 Å². The Hall–Kier alpha value is -1.09. The predicted molar refractivity (Wildman–Crippen MR) is 77.8 cm³/mol. The summed E-state index contributed by atoms with van der Waals surface area (Å²) in [5.74, 6) is 0.646. The highest BCUT2D eigenvalue weighted by atomic mass is 16.1. The molecule has 1 atom stereocenters. The fourth-order valence-corrected chi connectivity index (χ4v) is 2.19. The zero-order valence-corrected chi connectivity index (χ0v) is 12.1. The van der Waals surface area contributed by atoms with Gasteiger partial charge in [-0.1, -0.05) is 43.7 Å². The van der Waals surface area contributed by atoms with Crippen LogP contribution < -0.4 is 0 Å². The zero-order valence-electron chi connectivity index (χ0n) is 12.1. The molecule has 1 radical (unpaired) electrons. The van der Waals surface area contributed by atoms with E-state index in [0.717, 1.165) is 6.54 Å². The molecule has 1 aromatic rings. The van der Waals surface area contributed by atoms with Crippen LogP contribution >= 0.6 is 0 Å². The molecule has 0 spiro atoms. The molecular formula is C15H23BNO. The van der Waals surface area contributed by atoms with Gasteiger partial charge in [-0.05, 0) is 38.3 Å². The maximum absolute atomic E-state index is 11.3. The lowest BCUT2D eigenvalue weighted by atomic mass is 9.55. The first-order chi connectivity index (χ1) is 8.40. The van der Waals surface area contributed by atoms with Gasteiger partial charge in [0.1, 0.15) is 0 Å². The maximum atomic E-state index is 11.3. The first kappa shape index (κ1) is 15.0. The standard InChI is InChI=1S/C15H23BNO/c1-11(2)15(16-12(3)18)14-8-6-7-13(9-14)10-17(4)5/h6-9,11,15H,10H2,1-5H3. The molecule has 0 heterocycles. The quantitative estimate of drug-likeness (QED) is 0.717. The first-order valence-corrected chi connectivity index (χ1v) is 6.49. The third-order valence-corrected chi connectivity index (χ3v) is 2.97. The minimum atomic E-state index is 0.145. The van der Waals surface area contributed by atoms with E-state index in [-0.39, 0.29) is 11.5 Å². The molecule has 0 saturated heterocycles. The summed E-state index contributed by atoms with van der Waals surface area (Å²) in [6, 6.07) is 8.54. The SMILES string of the molecule is CC(=O)[B]C(c1cccc(CN(C)C)c1)C(C)C. The van der Waals surface area contributed by atoms with Crippen molar-refractivity contribution in [1.29, 1.82) is 0 Å². The highest BCUT2D eigenvalue weighted by molar-refractivity contribution is 6.74. The van der Waals surface area contributed by atoms with Crippen LogP contribution in [0.5, 0.6) is 0 Å². The molecule has 2 nitrogen and oxygen atoms in total. The van der Waals surface area contributed by atoms with Crippen LogP contribution in [0.2, 0.25) is 0 Å². The Bertz CT molecular complexity index is 401. The normalized spacial score (nSPS) is 12.8. The van der Waals surface area contributed by atoms with E-state index in [4.69, 9.17) is 0 Å². The summed E-state index contributed by atoms with van der Waals surface area (Å²) in [6.45, 7) is 6.86. The Kier molecular flexibility index (Phi) is 5.61. The average Bonchev–Trinajstić information content (AvgIpc) is 2.24. The molecule has 0 fully saturated rings. The second kappa shape index (κ2) is 6.74. The number of hydrogen-bond donors (Lipinski definition) is 0. The molecule has 1 aromatic carbocycles. The van der Waals surface area contributed by atoms with Gasteiger partial charge in [-0.3, -0.25) is 0 Å². The van der Waals surface area contributed by atoms with Crippen molar-refractivity contribution in [3.63, 3.8) is 0 Å². The average molecular weight is 244 g/mol. The molecule has 0 N–H and O–H groups in total. The second-order valence-electron chi connectivity index (χ2n) is 5.53. The van der Waals surface area contributed by atoms with Crippen LogP contribution in [-0.4, -0.2) is 32.0 Å². The van der Waals surface area contributed by atoms with Crippen LogP contribution in [0.15, 0.2) is 24.3 Å². The Morgan fingerprint density at radius 2 is 2.00 bits per heavy atom. The van der Waals surface area contributed by atoms with Gasteiger partial charge in [0.2, 0.25) is 7.28 Å². The van der Waals surface area contributed by atoms with Gasteiger partial charge in [0.25, 0.3) is 0 Å². The molecule has 0 aliphatic rings. The van der Waals surface area contributed by atoms with Gasteiger partial charge in [0, 0.05) is 6.54 Å². The number of carbonyl (C=O) groups excluding carboxylic acids is 1. The van der Waals surface area contributed by atoms with E-state index in [2.05, 4.69) is 57.1 Å². The van der Waals surface area contributed by atoms with Crippen molar-refractivity contribution < 1.29 is 4.79 Å². The Morgan fingerprint density at radius 3 is 2.50 bits per heavy atom. The maximum Gasteiger partial charge on any atom is 0.210 e. The van der Waals surface area contributed by atoms with E-state index in [9.17, 15) is 4.79 Å². The van der Waals surface area contributed by atoms with Gasteiger partial charge in [0.15, 0.2) is 0 Å². The molecule has 1 rings (SSSR count). The highest BCUT2D eigenvalue weighted by Crippen LogP contribution is 2.24. The third kappa shape index (κ3) is 4.65. The molecule has 0 amide bonds. The van der Waals surface area contributed by atoms with Crippen LogP contribution in [0.4, 0.5) is 0 Å². The van der Waals surface area contributed by atoms with E-state index in [0.29, 0.717) is 5.92 Å². The molecule has 0 aliphatic heterocycles. The molecule has 0 saturated carbocycles. The van der Waals surface area contributed by atoms with Crippen molar-refractivity contribution in [2.45, 2.75) is 33.1 Å². The summed E-state index contributed by atoms with van der Waals surface area (Å²) in [5, 5.41) is 0. The number of carbonyl (C=O) groups is 1. The Balaban J connectivity index is 2.94. The summed E-state index contributed by atoms with van der Waals surface area (Å²) >= 11 is 0. The minimum absolute atomic E-state index is 0.145. The fraction of sp³-hybridized carbons (Fsp3) is 0.533. The molecule has 0 bridgehead atoms. The van der Waals surface area contributed by atoms with Crippen LogP contribution in [-0.2, 0) is 11.3 Å². The minimum Gasteiger partial charge on any atom is -0.312 e. The van der Waals surface area contributed by atoms with E-state index in [1.165, 1.54) is 11.1 Å². The molecule has 0 aliphatic carbocycles. The monoisotopic (exact) mass is 244 g/mol. The summed E-state index contributed by atoms with van der Waals surface area (Å²) in [7, 11) is 5.96. The summed E-state index contributed by atoms with van der Waals surface area (Å²) in [6.07, 6.45) is 0. The summed E-state index contributed by atoms with van der Waals surface area (Å²) in [4.78, 5) is 13.5. The Labute approximate surface area is 112 Å². The van der Waals surface area contributed by atoms with Crippen molar-refractivity contribution in [2.75, 3.05) is 14.1 Å². The molecule has 18 heavy (non-hydrogen) atoms. The molecule has 0 aromatic heterocycles. The molecule has 1 unspecified atom stereocenters. The lowest BCUT2D eigenvalue weighted by molar-refractivity contribution is -0.110. The van der Waals surface area contributed by atoms with Crippen molar-refractivity contribution >= 4 is 13.0 Å². The zero-order chi connectivity index (χ0) is 13.7. The van der Waals surface area contributed by atoms with Crippen LogP contribution in [0, 0.1) is 5.92 Å².